The molecule has 5 heteroatoms. The molecule has 0 aromatic carbocycles. The Morgan fingerprint density at radius 2 is 2.25 bits per heavy atom. The van der Waals surface area contributed by atoms with Gasteiger partial charge in [-0.05, 0) is 18.1 Å². The predicted molar refractivity (Wildman–Crippen MR) is 68.0 cm³/mol. The molecule has 0 bridgehead atoms. The van der Waals surface area contributed by atoms with Crippen LogP contribution in [0.25, 0.3) is 0 Å². The van der Waals surface area contributed by atoms with Crippen LogP contribution in [0.1, 0.15) is 5.56 Å². The van der Waals surface area contributed by atoms with Crippen LogP contribution < -0.4 is 5.32 Å². The van der Waals surface area contributed by atoms with Gasteiger partial charge in [0.25, 0.3) is 0 Å². The number of aliphatic imine (C=N–C) groups is 1. The summed E-state index contributed by atoms with van der Waals surface area (Å²) >= 11 is 5.71. The normalized spacial score (nSPS) is 11.4. The van der Waals surface area contributed by atoms with Crippen LogP contribution in [0.15, 0.2) is 23.3 Å². The van der Waals surface area contributed by atoms with E-state index in [1.54, 1.807) is 19.3 Å². The van der Waals surface area contributed by atoms with Gasteiger partial charge < -0.3 is 10.2 Å². The molecule has 1 heterocycles. The molecule has 4 nitrogen and oxygen atoms in total. The molecule has 0 fully saturated rings. The van der Waals surface area contributed by atoms with Gasteiger partial charge in [-0.25, -0.2) is 4.98 Å². The van der Waals surface area contributed by atoms with Crippen molar-refractivity contribution in [3.63, 3.8) is 0 Å². The molecule has 0 atom stereocenters. The summed E-state index contributed by atoms with van der Waals surface area (Å²) in [5.74, 6) is 0.877. The average molecular weight is 241 g/mol. The molecular formula is C11H17ClN4. The third kappa shape index (κ3) is 4.06. The molecule has 88 valence electrons. The van der Waals surface area contributed by atoms with E-state index in [0.29, 0.717) is 5.15 Å². The number of hydrogen-bond donors (Lipinski definition) is 1. The minimum absolute atomic E-state index is 0.529. The Hall–Kier alpha value is -1.29. The molecule has 0 saturated carbocycles. The van der Waals surface area contributed by atoms with Crippen molar-refractivity contribution in [1.29, 1.82) is 0 Å². The van der Waals surface area contributed by atoms with E-state index in [1.807, 2.05) is 25.1 Å². The van der Waals surface area contributed by atoms with Gasteiger partial charge in [0.2, 0.25) is 0 Å². The second-order valence-electron chi connectivity index (χ2n) is 3.61. The number of nitrogens with zero attached hydrogens (tertiary/aromatic N) is 3. The highest BCUT2D eigenvalue weighted by atomic mass is 35.5. The summed E-state index contributed by atoms with van der Waals surface area (Å²) in [6.45, 7) is 0.828. The fourth-order valence-electron chi connectivity index (χ4n) is 1.31. The zero-order valence-corrected chi connectivity index (χ0v) is 10.6. The van der Waals surface area contributed by atoms with Crippen molar-refractivity contribution in [1.82, 2.24) is 15.2 Å². The van der Waals surface area contributed by atoms with Gasteiger partial charge in [-0.2, -0.15) is 0 Å². The van der Waals surface area contributed by atoms with Crippen LogP contribution in [0, 0.1) is 0 Å². The first kappa shape index (κ1) is 12.8. The number of pyridine rings is 1. The van der Waals surface area contributed by atoms with Crippen LogP contribution in [0.5, 0.6) is 0 Å². The van der Waals surface area contributed by atoms with Crippen LogP contribution in [0.4, 0.5) is 0 Å². The number of guanidine groups is 1. The number of rotatable bonds is 3. The Kier molecular flexibility index (Phi) is 5.05. The zero-order chi connectivity index (χ0) is 12.0. The highest BCUT2D eigenvalue weighted by Crippen LogP contribution is 2.05. The molecule has 0 spiro atoms. The average Bonchev–Trinajstić information content (AvgIpc) is 2.26. The van der Waals surface area contributed by atoms with Gasteiger partial charge in [0.1, 0.15) is 5.15 Å². The van der Waals surface area contributed by atoms with E-state index in [-0.39, 0.29) is 0 Å². The second-order valence-corrected chi connectivity index (χ2v) is 3.99. The van der Waals surface area contributed by atoms with E-state index in [0.717, 1.165) is 24.5 Å². The first-order chi connectivity index (χ1) is 7.63. The van der Waals surface area contributed by atoms with Crippen molar-refractivity contribution in [2.45, 2.75) is 6.42 Å². The lowest BCUT2D eigenvalue weighted by atomic mass is 10.2. The lowest BCUT2D eigenvalue weighted by Gasteiger charge is -2.16. The maximum Gasteiger partial charge on any atom is 0.193 e. The minimum Gasteiger partial charge on any atom is -0.356 e. The summed E-state index contributed by atoms with van der Waals surface area (Å²) in [6, 6.07) is 3.78. The van der Waals surface area contributed by atoms with Crippen molar-refractivity contribution >= 4 is 17.6 Å². The topological polar surface area (TPSA) is 40.5 Å². The summed E-state index contributed by atoms with van der Waals surface area (Å²) < 4.78 is 0. The Labute approximate surface area is 101 Å². The van der Waals surface area contributed by atoms with Gasteiger partial charge in [0.05, 0.1) is 0 Å². The molecule has 0 aliphatic rings. The minimum atomic E-state index is 0.529. The Balaban J connectivity index is 2.38. The summed E-state index contributed by atoms with van der Waals surface area (Å²) in [4.78, 5) is 10.1. The quantitative estimate of drug-likeness (QED) is 0.494. The number of hydrogen-bond acceptors (Lipinski definition) is 2. The zero-order valence-electron chi connectivity index (χ0n) is 9.87. The second kappa shape index (κ2) is 6.33. The first-order valence-electron chi connectivity index (χ1n) is 5.12. The fourth-order valence-corrected chi connectivity index (χ4v) is 1.42. The highest BCUT2D eigenvalue weighted by Gasteiger charge is 1.99. The van der Waals surface area contributed by atoms with Crippen molar-refractivity contribution in [2.24, 2.45) is 4.99 Å². The highest BCUT2D eigenvalue weighted by molar-refractivity contribution is 6.29. The number of halogens is 1. The van der Waals surface area contributed by atoms with Crippen molar-refractivity contribution in [3.8, 4) is 0 Å². The molecule has 16 heavy (non-hydrogen) atoms. The summed E-state index contributed by atoms with van der Waals surface area (Å²) in [5.41, 5.74) is 1.16. The molecule has 0 unspecified atom stereocenters. The Morgan fingerprint density at radius 3 is 2.75 bits per heavy atom. The van der Waals surface area contributed by atoms with Crippen LogP contribution >= 0.6 is 11.6 Å². The number of aromatic nitrogens is 1. The maximum atomic E-state index is 5.71. The smallest absolute Gasteiger partial charge is 0.193 e. The van der Waals surface area contributed by atoms with Crippen LogP contribution in [-0.2, 0) is 6.42 Å². The predicted octanol–water partition coefficient (Wildman–Crippen LogP) is 1.41. The molecule has 1 N–H and O–H groups in total. The van der Waals surface area contributed by atoms with Crippen LogP contribution in [0.2, 0.25) is 5.15 Å². The summed E-state index contributed by atoms with van der Waals surface area (Å²) in [7, 11) is 5.69. The van der Waals surface area contributed by atoms with Gasteiger partial charge in [-0.15, -0.1) is 0 Å². The molecule has 0 saturated heterocycles. The van der Waals surface area contributed by atoms with E-state index in [2.05, 4.69) is 15.3 Å². The van der Waals surface area contributed by atoms with E-state index >= 15 is 0 Å². The van der Waals surface area contributed by atoms with Crippen LogP contribution in [-0.4, -0.2) is 43.5 Å². The summed E-state index contributed by atoms with van der Waals surface area (Å²) in [5, 5.41) is 3.78. The van der Waals surface area contributed by atoms with Crippen molar-refractivity contribution < 1.29 is 0 Å². The van der Waals surface area contributed by atoms with Crippen molar-refractivity contribution in [2.75, 3.05) is 27.7 Å². The van der Waals surface area contributed by atoms with Gasteiger partial charge in [0, 0.05) is 33.9 Å². The van der Waals surface area contributed by atoms with Crippen LogP contribution in [0.3, 0.4) is 0 Å². The molecule has 0 aliphatic heterocycles. The third-order valence-corrected chi connectivity index (χ3v) is 2.34. The molecule has 0 radical (unpaired) electrons. The Bertz CT molecular complexity index is 346. The maximum absolute atomic E-state index is 5.71. The SMILES string of the molecule is CN=C(NCCc1ccc(Cl)nc1)N(C)C. The first-order valence-corrected chi connectivity index (χ1v) is 5.49. The molecular weight excluding hydrogens is 224 g/mol. The molecule has 0 amide bonds. The summed E-state index contributed by atoms with van der Waals surface area (Å²) in [6.07, 6.45) is 2.69. The van der Waals surface area contributed by atoms with Crippen molar-refractivity contribution in [3.05, 3.63) is 29.0 Å². The largest absolute Gasteiger partial charge is 0.356 e. The molecule has 1 rings (SSSR count). The lowest BCUT2D eigenvalue weighted by Crippen LogP contribution is -2.37. The van der Waals surface area contributed by atoms with Gasteiger partial charge in [-0.1, -0.05) is 17.7 Å². The monoisotopic (exact) mass is 240 g/mol. The molecule has 0 aliphatic carbocycles. The lowest BCUT2D eigenvalue weighted by molar-refractivity contribution is 0.583. The Morgan fingerprint density at radius 1 is 1.50 bits per heavy atom. The van der Waals surface area contributed by atoms with E-state index < -0.39 is 0 Å². The van der Waals surface area contributed by atoms with E-state index in [9.17, 15) is 0 Å². The molecule has 1 aromatic heterocycles. The third-order valence-electron chi connectivity index (χ3n) is 2.12. The van der Waals surface area contributed by atoms with Gasteiger partial charge in [-0.3, -0.25) is 4.99 Å². The van der Waals surface area contributed by atoms with E-state index in [4.69, 9.17) is 11.6 Å². The standard InChI is InChI=1S/C11H17ClN4/c1-13-11(16(2)3)14-7-6-9-4-5-10(12)15-8-9/h4-5,8H,6-7H2,1-3H3,(H,13,14). The fraction of sp³-hybridized carbons (Fsp3) is 0.455. The molecule has 1 aromatic rings. The van der Waals surface area contributed by atoms with Gasteiger partial charge in [0.15, 0.2) is 5.96 Å². The number of nitrogens with one attached hydrogen (secondary N) is 1. The van der Waals surface area contributed by atoms with Gasteiger partial charge >= 0.3 is 0 Å². The van der Waals surface area contributed by atoms with E-state index in [1.165, 1.54) is 0 Å².